The molecule has 7 nitrogen and oxygen atoms in total. The predicted octanol–water partition coefficient (Wildman–Crippen LogP) is 7.41. The molecular formula is C29H27BrN4O3. The molecule has 0 aromatic heterocycles. The van der Waals surface area contributed by atoms with Crippen LogP contribution in [0.4, 0.5) is 26.7 Å². The second kappa shape index (κ2) is 12.6. The van der Waals surface area contributed by atoms with Crippen LogP contribution in [0, 0.1) is 6.92 Å². The van der Waals surface area contributed by atoms with Crippen molar-refractivity contribution in [3.05, 3.63) is 113 Å². The van der Waals surface area contributed by atoms with Crippen molar-refractivity contribution in [2.24, 2.45) is 0 Å². The van der Waals surface area contributed by atoms with Gasteiger partial charge in [-0.25, -0.2) is 9.59 Å². The largest absolute Gasteiger partial charge is 0.457 e. The average molecular weight is 559 g/mol. The van der Waals surface area contributed by atoms with E-state index < -0.39 is 0 Å². The highest BCUT2D eigenvalue weighted by Crippen LogP contribution is 2.25. The van der Waals surface area contributed by atoms with Gasteiger partial charge < -0.3 is 20.7 Å². The molecule has 0 saturated heterocycles. The van der Waals surface area contributed by atoms with E-state index in [0.29, 0.717) is 22.8 Å². The lowest BCUT2D eigenvalue weighted by Crippen LogP contribution is -2.42. The summed E-state index contributed by atoms with van der Waals surface area (Å²) in [6.45, 7) is 2.46. The van der Waals surface area contributed by atoms with E-state index in [1.807, 2.05) is 97.9 Å². The van der Waals surface area contributed by atoms with E-state index in [1.54, 1.807) is 17.0 Å². The molecule has 3 N–H and O–H groups in total. The Morgan fingerprint density at radius 2 is 1.46 bits per heavy atom. The Kier molecular flexibility index (Phi) is 8.78. The van der Waals surface area contributed by atoms with Crippen LogP contribution in [0.15, 0.2) is 108 Å². The number of aryl methyl sites for hydroxylation is 1. The molecule has 0 saturated carbocycles. The van der Waals surface area contributed by atoms with Crippen LogP contribution in [0.2, 0.25) is 0 Å². The zero-order valence-corrected chi connectivity index (χ0v) is 21.9. The number of hydrogen-bond acceptors (Lipinski definition) is 3. The monoisotopic (exact) mass is 558 g/mol. The number of benzene rings is 4. The van der Waals surface area contributed by atoms with Gasteiger partial charge in [-0.05, 0) is 79.2 Å². The summed E-state index contributed by atoms with van der Waals surface area (Å²) >= 11 is 3.39. The number of nitrogens with zero attached hydrogens (tertiary/aromatic N) is 1. The Morgan fingerprint density at radius 3 is 2.16 bits per heavy atom. The first kappa shape index (κ1) is 25.8. The van der Waals surface area contributed by atoms with Gasteiger partial charge in [-0.15, -0.1) is 0 Å². The van der Waals surface area contributed by atoms with Crippen LogP contribution in [0.1, 0.15) is 5.56 Å². The molecule has 4 aromatic carbocycles. The van der Waals surface area contributed by atoms with Gasteiger partial charge in [0.05, 0.1) is 0 Å². The molecule has 0 aliphatic carbocycles. The minimum Gasteiger partial charge on any atom is -0.457 e. The lowest BCUT2D eigenvalue weighted by atomic mass is 10.2. The normalized spacial score (nSPS) is 10.3. The summed E-state index contributed by atoms with van der Waals surface area (Å²) in [5.74, 6) is 1.38. The zero-order valence-electron chi connectivity index (χ0n) is 20.3. The molecule has 0 fully saturated rings. The van der Waals surface area contributed by atoms with Gasteiger partial charge in [0.2, 0.25) is 0 Å². The summed E-state index contributed by atoms with van der Waals surface area (Å²) < 4.78 is 6.74. The number of amides is 4. The number of carbonyl (C=O) groups excluding carboxylic acids is 2. The summed E-state index contributed by atoms with van der Waals surface area (Å²) in [4.78, 5) is 27.2. The fourth-order valence-electron chi connectivity index (χ4n) is 3.60. The number of hydrogen-bond donors (Lipinski definition) is 3. The zero-order chi connectivity index (χ0) is 26.0. The number of nitrogens with one attached hydrogen (secondary N) is 3. The Hall–Kier alpha value is -4.30. The minimum atomic E-state index is -0.358. The van der Waals surface area contributed by atoms with Crippen molar-refractivity contribution in [3.63, 3.8) is 0 Å². The highest BCUT2D eigenvalue weighted by Gasteiger charge is 2.17. The second-order valence-corrected chi connectivity index (χ2v) is 9.17. The number of anilines is 3. The smallest absolute Gasteiger partial charge is 0.326 e. The summed E-state index contributed by atoms with van der Waals surface area (Å²) in [5.41, 5.74) is 3.06. The third-order valence-corrected chi connectivity index (χ3v) is 5.84. The molecule has 37 heavy (non-hydrogen) atoms. The SMILES string of the molecule is Cc1cccc(NC(=O)N(CCNC(=O)Nc2cccc(Br)c2)c2ccc(Oc3ccccc3)cc2)c1. The summed E-state index contributed by atoms with van der Waals surface area (Å²) in [5, 5.41) is 8.54. The fourth-order valence-corrected chi connectivity index (χ4v) is 4.00. The summed E-state index contributed by atoms with van der Waals surface area (Å²) in [7, 11) is 0. The maximum absolute atomic E-state index is 13.3. The number of ether oxygens (including phenoxy) is 1. The molecular weight excluding hydrogens is 532 g/mol. The minimum absolute atomic E-state index is 0.239. The summed E-state index contributed by atoms with van der Waals surface area (Å²) in [6.07, 6.45) is 0. The van der Waals surface area contributed by atoms with Crippen LogP contribution in [-0.2, 0) is 0 Å². The van der Waals surface area contributed by atoms with Crippen LogP contribution >= 0.6 is 15.9 Å². The fraction of sp³-hybridized carbons (Fsp3) is 0.103. The van der Waals surface area contributed by atoms with Gasteiger partial charge in [-0.2, -0.15) is 0 Å². The Balaban J connectivity index is 1.43. The van der Waals surface area contributed by atoms with Gasteiger partial charge >= 0.3 is 12.1 Å². The lowest BCUT2D eigenvalue weighted by Gasteiger charge is -2.24. The van der Waals surface area contributed by atoms with Crippen molar-refractivity contribution in [3.8, 4) is 11.5 Å². The highest BCUT2D eigenvalue weighted by molar-refractivity contribution is 9.10. The Morgan fingerprint density at radius 1 is 0.784 bits per heavy atom. The topological polar surface area (TPSA) is 82.7 Å². The van der Waals surface area contributed by atoms with Gasteiger partial charge in [-0.1, -0.05) is 52.3 Å². The molecule has 0 spiro atoms. The van der Waals surface area contributed by atoms with Gasteiger partial charge in [0.1, 0.15) is 11.5 Å². The van der Waals surface area contributed by atoms with Crippen molar-refractivity contribution < 1.29 is 14.3 Å². The predicted molar refractivity (Wildman–Crippen MR) is 152 cm³/mol. The van der Waals surface area contributed by atoms with Gasteiger partial charge in [0.15, 0.2) is 0 Å². The second-order valence-electron chi connectivity index (χ2n) is 8.25. The Bertz CT molecular complexity index is 1350. The third-order valence-electron chi connectivity index (χ3n) is 5.35. The van der Waals surface area contributed by atoms with E-state index >= 15 is 0 Å². The van der Waals surface area contributed by atoms with E-state index in [4.69, 9.17) is 4.74 Å². The lowest BCUT2D eigenvalue weighted by molar-refractivity contribution is 0.250. The van der Waals surface area contributed by atoms with Crippen molar-refractivity contribution >= 4 is 45.1 Å². The molecule has 0 heterocycles. The number of carbonyl (C=O) groups is 2. The van der Waals surface area contributed by atoms with E-state index in [9.17, 15) is 9.59 Å². The van der Waals surface area contributed by atoms with E-state index in [2.05, 4.69) is 31.9 Å². The first-order chi connectivity index (χ1) is 18.0. The number of rotatable bonds is 8. The van der Waals surface area contributed by atoms with Crippen molar-refractivity contribution in [2.45, 2.75) is 6.92 Å². The molecule has 0 atom stereocenters. The average Bonchev–Trinajstić information content (AvgIpc) is 2.88. The van der Waals surface area contributed by atoms with Crippen LogP contribution in [0.25, 0.3) is 0 Å². The molecule has 188 valence electrons. The van der Waals surface area contributed by atoms with Crippen LogP contribution in [0.3, 0.4) is 0 Å². The quantitative estimate of drug-likeness (QED) is 0.210. The van der Waals surface area contributed by atoms with Crippen molar-refractivity contribution in [1.82, 2.24) is 5.32 Å². The molecule has 4 amide bonds. The van der Waals surface area contributed by atoms with E-state index in [0.717, 1.165) is 15.8 Å². The number of para-hydroxylation sites is 1. The molecule has 0 radical (unpaired) electrons. The van der Waals surface area contributed by atoms with Gasteiger partial charge in [0.25, 0.3) is 0 Å². The number of halogens is 1. The molecule has 0 aliphatic heterocycles. The number of urea groups is 2. The highest BCUT2D eigenvalue weighted by atomic mass is 79.9. The van der Waals surface area contributed by atoms with Crippen molar-refractivity contribution in [2.75, 3.05) is 28.6 Å². The van der Waals surface area contributed by atoms with E-state index in [-0.39, 0.29) is 25.2 Å². The molecule has 8 heteroatoms. The molecule has 4 rings (SSSR count). The van der Waals surface area contributed by atoms with Crippen molar-refractivity contribution in [1.29, 1.82) is 0 Å². The first-order valence-electron chi connectivity index (χ1n) is 11.7. The molecule has 4 aromatic rings. The molecule has 0 aliphatic rings. The van der Waals surface area contributed by atoms with Crippen LogP contribution in [-0.4, -0.2) is 25.2 Å². The molecule has 0 unspecified atom stereocenters. The Labute approximate surface area is 224 Å². The van der Waals surface area contributed by atoms with Crippen LogP contribution in [0.5, 0.6) is 11.5 Å². The first-order valence-corrected chi connectivity index (χ1v) is 12.5. The van der Waals surface area contributed by atoms with Crippen LogP contribution < -0.4 is 25.6 Å². The van der Waals surface area contributed by atoms with Gasteiger partial charge in [0, 0.05) is 34.6 Å². The third kappa shape index (κ3) is 7.85. The maximum Gasteiger partial charge on any atom is 0.326 e. The summed E-state index contributed by atoms with van der Waals surface area (Å²) in [6, 6.07) is 31.0. The van der Waals surface area contributed by atoms with E-state index in [1.165, 1.54) is 0 Å². The maximum atomic E-state index is 13.3. The molecule has 0 bridgehead atoms. The standard InChI is InChI=1S/C29H27BrN4O3/c1-21-7-5-9-23(19-21)33-29(36)34(18-17-31-28(35)32-24-10-6-8-22(30)20-24)25-13-15-27(16-14-25)37-26-11-3-2-4-12-26/h2-16,19-20H,17-18H2,1H3,(H,33,36)(H2,31,32,35). The van der Waals surface area contributed by atoms with Gasteiger partial charge in [-0.3, -0.25) is 4.90 Å².